The van der Waals surface area contributed by atoms with E-state index < -0.39 is 0 Å². The van der Waals surface area contributed by atoms with Crippen molar-refractivity contribution in [1.82, 2.24) is 0 Å². The van der Waals surface area contributed by atoms with E-state index in [1.165, 1.54) is 12.8 Å². The van der Waals surface area contributed by atoms with Crippen molar-refractivity contribution in [2.24, 2.45) is 0 Å². The molecule has 0 spiro atoms. The van der Waals surface area contributed by atoms with Gasteiger partial charge in [-0.15, -0.1) is 0 Å². The van der Waals surface area contributed by atoms with E-state index in [-0.39, 0.29) is 5.48 Å². The van der Waals surface area contributed by atoms with Crippen molar-refractivity contribution in [2.75, 3.05) is 39.6 Å². The highest BCUT2D eigenvalue weighted by Crippen LogP contribution is 1.98. The molecular formula is C8H18O4. The predicted molar refractivity (Wildman–Crippen MR) is 45.3 cm³/mol. The predicted octanol–water partition coefficient (Wildman–Crippen LogP) is 0.00530. The summed E-state index contributed by atoms with van der Waals surface area (Å²) in [6, 6.07) is 0. The molecule has 0 aromatic rings. The fourth-order valence-corrected chi connectivity index (χ4v) is 0.950. The van der Waals surface area contributed by atoms with E-state index in [0.29, 0.717) is 0 Å². The van der Waals surface area contributed by atoms with Crippen molar-refractivity contribution in [2.45, 2.75) is 12.8 Å². The minimum Gasteiger partial charge on any atom is -0.412 e. The number of rotatable bonds is 0. The van der Waals surface area contributed by atoms with Crippen molar-refractivity contribution in [1.29, 1.82) is 0 Å². The zero-order valence-corrected chi connectivity index (χ0v) is 7.38. The summed E-state index contributed by atoms with van der Waals surface area (Å²) in [4.78, 5) is 0. The summed E-state index contributed by atoms with van der Waals surface area (Å²) >= 11 is 0. The molecule has 0 unspecified atom stereocenters. The lowest BCUT2D eigenvalue weighted by molar-refractivity contribution is -0.0334. The molecule has 2 aliphatic rings. The van der Waals surface area contributed by atoms with Crippen molar-refractivity contribution < 1.29 is 19.7 Å². The van der Waals surface area contributed by atoms with E-state index >= 15 is 0 Å². The highest BCUT2D eigenvalue weighted by Gasteiger charge is 1.95. The molecule has 12 heavy (non-hydrogen) atoms. The zero-order chi connectivity index (χ0) is 7.78. The molecule has 2 heterocycles. The Morgan fingerprint density at radius 2 is 0.833 bits per heavy atom. The van der Waals surface area contributed by atoms with E-state index in [9.17, 15) is 0 Å². The molecule has 0 bridgehead atoms. The van der Waals surface area contributed by atoms with Crippen LogP contribution in [0.1, 0.15) is 12.8 Å². The Labute approximate surface area is 73.1 Å². The van der Waals surface area contributed by atoms with Gasteiger partial charge < -0.3 is 19.7 Å². The van der Waals surface area contributed by atoms with E-state index in [2.05, 4.69) is 0 Å². The largest absolute Gasteiger partial charge is 0.412 e. The van der Waals surface area contributed by atoms with Crippen molar-refractivity contribution >= 4 is 0 Å². The van der Waals surface area contributed by atoms with Crippen LogP contribution in [0.4, 0.5) is 0 Å². The normalized spacial score (nSPS) is 22.0. The van der Waals surface area contributed by atoms with Crippen LogP contribution in [0.25, 0.3) is 0 Å². The first kappa shape index (κ1) is 11.8. The van der Waals surface area contributed by atoms with Gasteiger partial charge in [-0.25, -0.2) is 0 Å². The SMILES string of the molecule is C1CCOC1.C1COCCO1.O. The van der Waals surface area contributed by atoms with Gasteiger partial charge in [-0.2, -0.15) is 0 Å². The van der Waals surface area contributed by atoms with Crippen LogP contribution in [0.2, 0.25) is 0 Å². The Balaban J connectivity index is 0.000000189. The van der Waals surface area contributed by atoms with E-state index in [4.69, 9.17) is 14.2 Å². The second kappa shape index (κ2) is 8.93. The molecule has 0 aromatic carbocycles. The molecule has 2 fully saturated rings. The number of ether oxygens (including phenoxy) is 3. The summed E-state index contributed by atoms with van der Waals surface area (Å²) in [6.45, 7) is 5.11. The molecule has 2 saturated heterocycles. The van der Waals surface area contributed by atoms with E-state index in [1.807, 2.05) is 0 Å². The van der Waals surface area contributed by atoms with Gasteiger partial charge >= 0.3 is 0 Å². The molecular weight excluding hydrogens is 160 g/mol. The molecule has 74 valence electrons. The van der Waals surface area contributed by atoms with Gasteiger partial charge in [-0.1, -0.05) is 0 Å². The molecule has 0 saturated carbocycles. The summed E-state index contributed by atoms with van der Waals surface area (Å²) in [7, 11) is 0. The molecule has 0 aromatic heterocycles. The molecule has 2 rings (SSSR count). The summed E-state index contributed by atoms with van der Waals surface area (Å²) < 4.78 is 14.8. The van der Waals surface area contributed by atoms with Crippen LogP contribution in [0.15, 0.2) is 0 Å². The van der Waals surface area contributed by atoms with Gasteiger partial charge in [-0.3, -0.25) is 0 Å². The monoisotopic (exact) mass is 178 g/mol. The lowest BCUT2D eigenvalue weighted by Gasteiger charge is -2.09. The lowest BCUT2D eigenvalue weighted by atomic mass is 10.4. The van der Waals surface area contributed by atoms with Gasteiger partial charge in [0.15, 0.2) is 0 Å². The first-order chi connectivity index (χ1) is 5.50. The van der Waals surface area contributed by atoms with Gasteiger partial charge in [0.1, 0.15) is 0 Å². The fourth-order valence-electron chi connectivity index (χ4n) is 0.950. The van der Waals surface area contributed by atoms with Crippen LogP contribution in [0.3, 0.4) is 0 Å². The molecule has 4 nitrogen and oxygen atoms in total. The van der Waals surface area contributed by atoms with Crippen molar-refractivity contribution in [3.8, 4) is 0 Å². The Bertz CT molecular complexity index is 60.0. The molecule has 0 amide bonds. The van der Waals surface area contributed by atoms with Gasteiger partial charge in [-0.05, 0) is 12.8 Å². The maximum Gasteiger partial charge on any atom is 0.0701 e. The molecule has 0 radical (unpaired) electrons. The third-order valence-electron chi connectivity index (χ3n) is 1.57. The average Bonchev–Trinajstić information content (AvgIpc) is 2.64. The van der Waals surface area contributed by atoms with E-state index in [1.54, 1.807) is 0 Å². The molecule has 0 atom stereocenters. The summed E-state index contributed by atoms with van der Waals surface area (Å²) in [5.74, 6) is 0. The lowest BCUT2D eigenvalue weighted by Crippen LogP contribution is -2.16. The zero-order valence-electron chi connectivity index (χ0n) is 7.38. The molecule has 2 aliphatic heterocycles. The van der Waals surface area contributed by atoms with Gasteiger partial charge in [0, 0.05) is 13.2 Å². The van der Waals surface area contributed by atoms with Gasteiger partial charge in [0.25, 0.3) is 0 Å². The highest BCUT2D eigenvalue weighted by molar-refractivity contribution is 4.43. The Kier molecular flexibility index (Phi) is 8.81. The smallest absolute Gasteiger partial charge is 0.0701 e. The minimum atomic E-state index is 0. The molecule has 4 heteroatoms. The standard InChI is InChI=1S/C4H8O2.C4H8O.H2O/c1-2-6-4-3-5-1;1-2-4-5-3-1;/h1-4H2;1-4H2;1H2. The maximum absolute atomic E-state index is 4.94. The third-order valence-corrected chi connectivity index (χ3v) is 1.57. The summed E-state index contributed by atoms with van der Waals surface area (Å²) in [5, 5.41) is 0. The molecule has 0 aliphatic carbocycles. The van der Waals surface area contributed by atoms with Crippen LogP contribution in [0.5, 0.6) is 0 Å². The van der Waals surface area contributed by atoms with Crippen molar-refractivity contribution in [3.05, 3.63) is 0 Å². The van der Waals surface area contributed by atoms with Crippen LogP contribution in [-0.4, -0.2) is 45.1 Å². The van der Waals surface area contributed by atoms with Crippen molar-refractivity contribution in [3.63, 3.8) is 0 Å². The van der Waals surface area contributed by atoms with Gasteiger partial charge in [0.05, 0.1) is 26.4 Å². The third kappa shape index (κ3) is 6.54. The second-order valence-electron chi connectivity index (χ2n) is 2.54. The fraction of sp³-hybridized carbons (Fsp3) is 1.00. The van der Waals surface area contributed by atoms with Crippen LogP contribution >= 0.6 is 0 Å². The maximum atomic E-state index is 4.94. The quantitative estimate of drug-likeness (QED) is 0.525. The molecule has 2 N–H and O–H groups in total. The number of hydrogen-bond acceptors (Lipinski definition) is 3. The van der Waals surface area contributed by atoms with E-state index in [0.717, 1.165) is 39.6 Å². The van der Waals surface area contributed by atoms with Crippen LogP contribution in [0, 0.1) is 0 Å². The Hall–Kier alpha value is -0.160. The number of hydrogen-bond donors (Lipinski definition) is 0. The van der Waals surface area contributed by atoms with Crippen LogP contribution < -0.4 is 0 Å². The minimum absolute atomic E-state index is 0. The highest BCUT2D eigenvalue weighted by atomic mass is 16.6. The summed E-state index contributed by atoms with van der Waals surface area (Å²) in [5.41, 5.74) is 0. The second-order valence-corrected chi connectivity index (χ2v) is 2.54. The first-order valence-electron chi connectivity index (χ1n) is 4.23. The Morgan fingerprint density at radius 1 is 0.500 bits per heavy atom. The topological polar surface area (TPSA) is 59.2 Å². The average molecular weight is 178 g/mol. The first-order valence-corrected chi connectivity index (χ1v) is 4.23. The van der Waals surface area contributed by atoms with Crippen LogP contribution in [-0.2, 0) is 14.2 Å². The summed E-state index contributed by atoms with van der Waals surface area (Å²) in [6.07, 6.45) is 2.56. The Morgan fingerprint density at radius 3 is 1.00 bits per heavy atom. The van der Waals surface area contributed by atoms with Gasteiger partial charge in [0.2, 0.25) is 0 Å².